The van der Waals surface area contributed by atoms with Crippen molar-refractivity contribution in [1.82, 2.24) is 9.97 Å². The Labute approximate surface area is 102 Å². The van der Waals surface area contributed by atoms with Crippen molar-refractivity contribution < 1.29 is 0 Å². The van der Waals surface area contributed by atoms with Crippen LogP contribution in [0.4, 0.5) is 5.95 Å². The van der Waals surface area contributed by atoms with Crippen LogP contribution in [-0.2, 0) is 0 Å². The van der Waals surface area contributed by atoms with Gasteiger partial charge >= 0.3 is 0 Å². The smallest absolute Gasteiger partial charge is 0.226 e. The molecule has 17 heavy (non-hydrogen) atoms. The highest BCUT2D eigenvalue weighted by Gasteiger charge is 2.35. The third kappa shape index (κ3) is 2.23. The Bertz CT molecular complexity index is 431. The van der Waals surface area contributed by atoms with E-state index in [4.69, 9.17) is 5.26 Å². The Hall–Kier alpha value is -1.63. The highest BCUT2D eigenvalue weighted by Crippen LogP contribution is 2.37. The molecule has 90 valence electrons. The van der Waals surface area contributed by atoms with Crippen LogP contribution in [0, 0.1) is 16.7 Å². The second-order valence-corrected chi connectivity index (χ2v) is 4.73. The molecule has 1 saturated heterocycles. The van der Waals surface area contributed by atoms with E-state index in [-0.39, 0.29) is 0 Å². The normalized spacial score (nSPS) is 18.1. The van der Waals surface area contributed by atoms with E-state index in [1.54, 1.807) is 12.3 Å². The molecule has 0 bridgehead atoms. The summed E-state index contributed by atoms with van der Waals surface area (Å²) in [4.78, 5) is 10.7. The number of hydrogen-bond donors (Lipinski definition) is 0. The van der Waals surface area contributed by atoms with Gasteiger partial charge in [-0.05, 0) is 30.7 Å². The summed E-state index contributed by atoms with van der Waals surface area (Å²) in [5.41, 5.74) is 0.854. The van der Waals surface area contributed by atoms with Crippen molar-refractivity contribution in [3.8, 4) is 6.07 Å². The van der Waals surface area contributed by atoms with Gasteiger partial charge in [0.25, 0.3) is 0 Å². The maximum atomic E-state index is 8.84. The molecule has 0 atom stereocenters. The van der Waals surface area contributed by atoms with Gasteiger partial charge in [-0.2, -0.15) is 5.26 Å². The van der Waals surface area contributed by atoms with Gasteiger partial charge in [0.15, 0.2) is 0 Å². The van der Waals surface area contributed by atoms with Gasteiger partial charge in [-0.15, -0.1) is 0 Å². The lowest BCUT2D eigenvalue weighted by Crippen LogP contribution is -2.27. The third-order valence-electron chi connectivity index (χ3n) is 3.98. The van der Waals surface area contributed by atoms with Gasteiger partial charge in [-0.1, -0.05) is 13.8 Å². The van der Waals surface area contributed by atoms with Crippen LogP contribution in [0.5, 0.6) is 0 Å². The van der Waals surface area contributed by atoms with E-state index in [0.717, 1.165) is 13.1 Å². The van der Waals surface area contributed by atoms with E-state index in [1.165, 1.54) is 19.3 Å². The molecule has 0 amide bonds. The van der Waals surface area contributed by atoms with Crippen molar-refractivity contribution in [2.24, 2.45) is 5.41 Å². The molecular formula is C13H18N4. The molecule has 1 aliphatic heterocycles. The monoisotopic (exact) mass is 230 g/mol. The van der Waals surface area contributed by atoms with Gasteiger partial charge in [-0.3, -0.25) is 0 Å². The quantitative estimate of drug-likeness (QED) is 0.800. The van der Waals surface area contributed by atoms with Gasteiger partial charge in [0.05, 0.1) is 0 Å². The molecule has 4 nitrogen and oxygen atoms in total. The lowest BCUT2D eigenvalue weighted by molar-refractivity contribution is 0.301. The summed E-state index contributed by atoms with van der Waals surface area (Å²) in [5, 5.41) is 8.84. The van der Waals surface area contributed by atoms with Crippen molar-refractivity contribution in [3.05, 3.63) is 18.0 Å². The second-order valence-electron chi connectivity index (χ2n) is 4.73. The summed E-state index contributed by atoms with van der Waals surface area (Å²) < 4.78 is 0. The van der Waals surface area contributed by atoms with Crippen LogP contribution in [0.2, 0.25) is 0 Å². The number of anilines is 1. The van der Waals surface area contributed by atoms with Gasteiger partial charge in [0, 0.05) is 19.3 Å². The Morgan fingerprint density at radius 2 is 2.24 bits per heavy atom. The molecular weight excluding hydrogens is 212 g/mol. The minimum atomic E-state index is 0.409. The summed E-state index contributed by atoms with van der Waals surface area (Å²) in [7, 11) is 0. The Morgan fingerprint density at radius 3 is 2.82 bits per heavy atom. The lowest BCUT2D eigenvalue weighted by Gasteiger charge is -2.26. The summed E-state index contributed by atoms with van der Waals surface area (Å²) in [6.45, 7) is 6.50. The highest BCUT2D eigenvalue weighted by molar-refractivity contribution is 5.35. The summed E-state index contributed by atoms with van der Waals surface area (Å²) in [6.07, 6.45) is 5.24. The minimum Gasteiger partial charge on any atom is -0.340 e. The third-order valence-corrected chi connectivity index (χ3v) is 3.98. The minimum absolute atomic E-state index is 0.409. The average Bonchev–Trinajstić information content (AvgIpc) is 2.84. The molecule has 1 aromatic rings. The molecule has 1 aliphatic rings. The first kappa shape index (κ1) is 11.8. The molecule has 0 aromatic carbocycles. The van der Waals surface area contributed by atoms with E-state index < -0.39 is 0 Å². The molecule has 4 heteroatoms. The first-order chi connectivity index (χ1) is 8.23. The van der Waals surface area contributed by atoms with E-state index in [2.05, 4.69) is 34.8 Å². The lowest BCUT2D eigenvalue weighted by atomic mass is 9.82. The van der Waals surface area contributed by atoms with E-state index >= 15 is 0 Å². The molecule has 0 aliphatic carbocycles. The van der Waals surface area contributed by atoms with Gasteiger partial charge in [0.1, 0.15) is 11.8 Å². The molecule has 1 fully saturated rings. The SMILES string of the molecule is CCC1(CC)CCN(c2nccc(C#N)n2)C1. The van der Waals surface area contributed by atoms with E-state index in [1.807, 2.05) is 0 Å². The molecule has 2 heterocycles. The van der Waals surface area contributed by atoms with Crippen molar-refractivity contribution in [2.45, 2.75) is 33.1 Å². The van der Waals surface area contributed by atoms with Crippen LogP contribution in [-0.4, -0.2) is 23.1 Å². The largest absolute Gasteiger partial charge is 0.340 e. The zero-order valence-corrected chi connectivity index (χ0v) is 10.5. The van der Waals surface area contributed by atoms with Crippen LogP contribution in [0.15, 0.2) is 12.3 Å². The molecule has 0 N–H and O–H groups in total. The molecule has 1 aromatic heterocycles. The molecule has 2 rings (SSSR count). The Morgan fingerprint density at radius 1 is 1.47 bits per heavy atom. The van der Waals surface area contributed by atoms with Crippen molar-refractivity contribution in [2.75, 3.05) is 18.0 Å². The van der Waals surface area contributed by atoms with E-state index in [9.17, 15) is 0 Å². The van der Waals surface area contributed by atoms with Crippen molar-refractivity contribution in [3.63, 3.8) is 0 Å². The van der Waals surface area contributed by atoms with Crippen LogP contribution in [0.1, 0.15) is 38.8 Å². The van der Waals surface area contributed by atoms with Crippen LogP contribution in [0.25, 0.3) is 0 Å². The van der Waals surface area contributed by atoms with Crippen molar-refractivity contribution >= 4 is 5.95 Å². The number of nitrogens with zero attached hydrogens (tertiary/aromatic N) is 4. The van der Waals surface area contributed by atoms with Crippen LogP contribution < -0.4 is 4.90 Å². The number of rotatable bonds is 3. The van der Waals surface area contributed by atoms with Gasteiger partial charge in [0.2, 0.25) is 5.95 Å². The summed E-state index contributed by atoms with van der Waals surface area (Å²) in [6, 6.07) is 3.71. The fourth-order valence-corrected chi connectivity index (χ4v) is 2.50. The van der Waals surface area contributed by atoms with Gasteiger partial charge < -0.3 is 4.90 Å². The van der Waals surface area contributed by atoms with Crippen molar-refractivity contribution in [1.29, 1.82) is 5.26 Å². The standard InChI is InChI=1S/C13H18N4/c1-3-13(4-2)6-8-17(10-13)12-15-7-5-11(9-14)16-12/h5,7H,3-4,6,8,10H2,1-2H3. The number of nitriles is 1. The maximum Gasteiger partial charge on any atom is 0.226 e. The predicted octanol–water partition coefficient (Wildman–Crippen LogP) is 2.36. The molecule has 0 saturated carbocycles. The first-order valence-electron chi connectivity index (χ1n) is 6.21. The second kappa shape index (κ2) is 4.70. The topological polar surface area (TPSA) is 52.8 Å². The zero-order chi connectivity index (χ0) is 12.3. The van der Waals surface area contributed by atoms with E-state index in [0.29, 0.717) is 17.1 Å². The molecule has 0 spiro atoms. The molecule has 0 radical (unpaired) electrons. The molecule has 0 unspecified atom stereocenters. The predicted molar refractivity (Wildman–Crippen MR) is 66.6 cm³/mol. The fraction of sp³-hybridized carbons (Fsp3) is 0.615. The zero-order valence-electron chi connectivity index (χ0n) is 10.5. The fourth-order valence-electron chi connectivity index (χ4n) is 2.50. The summed E-state index contributed by atoms with van der Waals surface area (Å²) in [5.74, 6) is 0.702. The Kier molecular flexibility index (Phi) is 3.28. The average molecular weight is 230 g/mol. The van der Waals surface area contributed by atoms with Gasteiger partial charge in [-0.25, -0.2) is 9.97 Å². The summed E-state index contributed by atoms with van der Waals surface area (Å²) >= 11 is 0. The van der Waals surface area contributed by atoms with Crippen LogP contribution >= 0.6 is 0 Å². The van der Waals surface area contributed by atoms with Crippen LogP contribution in [0.3, 0.4) is 0 Å². The maximum absolute atomic E-state index is 8.84. The first-order valence-corrected chi connectivity index (χ1v) is 6.21. The highest BCUT2D eigenvalue weighted by atomic mass is 15.3. The Balaban J connectivity index is 2.18. The number of hydrogen-bond acceptors (Lipinski definition) is 4. The number of aromatic nitrogens is 2.